The normalized spacial score (nSPS) is 11.2. The lowest BCUT2D eigenvalue weighted by molar-refractivity contribution is -0.123. The van der Waals surface area contributed by atoms with Crippen LogP contribution in [0.1, 0.15) is 20.8 Å². The van der Waals surface area contributed by atoms with Crippen molar-refractivity contribution < 1.29 is 14.3 Å². The first kappa shape index (κ1) is 20.6. The number of carbonyl (C=O) groups is 1. The van der Waals surface area contributed by atoms with Crippen molar-refractivity contribution in [2.24, 2.45) is 10.9 Å². The molecule has 0 fully saturated rings. The molecule has 0 aliphatic heterocycles. The van der Waals surface area contributed by atoms with Crippen molar-refractivity contribution in [1.29, 1.82) is 0 Å². The molecule has 7 nitrogen and oxygen atoms in total. The average Bonchev–Trinajstić information content (AvgIpc) is 2.62. The number of hydrogen-bond donors (Lipinski definition) is 3. The Balaban J connectivity index is 2.29. The van der Waals surface area contributed by atoms with Crippen LogP contribution >= 0.6 is 0 Å². The lowest BCUT2D eigenvalue weighted by atomic mass is 10.2. The first-order valence-corrected chi connectivity index (χ1v) is 8.63. The highest BCUT2D eigenvalue weighted by Gasteiger charge is 2.04. The Morgan fingerprint density at radius 2 is 1.76 bits per heavy atom. The summed E-state index contributed by atoms with van der Waals surface area (Å²) in [5.74, 6) is 2.34. The molecule has 1 aromatic carbocycles. The number of aliphatic imine (C=N–C) groups is 1. The van der Waals surface area contributed by atoms with Crippen LogP contribution < -0.4 is 25.4 Å². The molecule has 1 aromatic rings. The molecule has 0 aliphatic carbocycles. The van der Waals surface area contributed by atoms with Gasteiger partial charge in [-0.3, -0.25) is 9.79 Å². The Morgan fingerprint density at radius 1 is 1.08 bits per heavy atom. The van der Waals surface area contributed by atoms with E-state index in [0.717, 1.165) is 18.0 Å². The fourth-order valence-electron chi connectivity index (χ4n) is 1.90. The summed E-state index contributed by atoms with van der Waals surface area (Å²) in [5.41, 5.74) is 0. The van der Waals surface area contributed by atoms with Crippen molar-refractivity contribution in [1.82, 2.24) is 16.0 Å². The van der Waals surface area contributed by atoms with Gasteiger partial charge in [-0.1, -0.05) is 13.8 Å². The molecule has 25 heavy (non-hydrogen) atoms. The standard InChI is InChI=1S/C18H30N4O3/c1-5-19-18(21-11-10-20-17(23)14(2)3)22-12-13-25-16-8-6-15(24-4)7-9-16/h6-9,14H,5,10-13H2,1-4H3,(H,20,23)(H2,19,21,22). The number of amides is 1. The molecule has 0 aromatic heterocycles. The van der Waals surface area contributed by atoms with Gasteiger partial charge in [0.25, 0.3) is 0 Å². The molecule has 140 valence electrons. The van der Waals surface area contributed by atoms with Crippen molar-refractivity contribution in [3.05, 3.63) is 24.3 Å². The first-order valence-electron chi connectivity index (χ1n) is 8.63. The molecular weight excluding hydrogens is 320 g/mol. The molecule has 1 rings (SSSR count). The number of nitrogens with one attached hydrogen (secondary N) is 3. The Hall–Kier alpha value is -2.44. The van der Waals surface area contributed by atoms with Crippen molar-refractivity contribution in [2.45, 2.75) is 20.8 Å². The van der Waals surface area contributed by atoms with Gasteiger partial charge in [0, 0.05) is 19.0 Å². The highest BCUT2D eigenvalue weighted by Crippen LogP contribution is 2.16. The van der Waals surface area contributed by atoms with E-state index in [0.29, 0.717) is 32.2 Å². The van der Waals surface area contributed by atoms with Gasteiger partial charge in [0.15, 0.2) is 5.96 Å². The van der Waals surface area contributed by atoms with E-state index >= 15 is 0 Å². The van der Waals surface area contributed by atoms with Gasteiger partial charge in [0.1, 0.15) is 18.1 Å². The minimum absolute atomic E-state index is 0.00885. The summed E-state index contributed by atoms with van der Waals surface area (Å²) in [7, 11) is 1.63. The molecule has 0 heterocycles. The SMILES string of the molecule is CCNC(=NCCNC(=O)C(C)C)NCCOc1ccc(OC)cc1. The van der Waals surface area contributed by atoms with E-state index in [1.54, 1.807) is 7.11 Å². The second-order valence-corrected chi connectivity index (χ2v) is 5.66. The van der Waals surface area contributed by atoms with E-state index in [1.165, 1.54) is 0 Å². The number of benzene rings is 1. The van der Waals surface area contributed by atoms with Crippen LogP contribution in [0, 0.1) is 5.92 Å². The van der Waals surface area contributed by atoms with Crippen LogP contribution in [0.15, 0.2) is 29.3 Å². The van der Waals surface area contributed by atoms with Gasteiger partial charge >= 0.3 is 0 Å². The summed E-state index contributed by atoms with van der Waals surface area (Å²) >= 11 is 0. The van der Waals surface area contributed by atoms with E-state index in [-0.39, 0.29) is 11.8 Å². The summed E-state index contributed by atoms with van der Waals surface area (Å²) < 4.78 is 10.8. The van der Waals surface area contributed by atoms with Gasteiger partial charge in [-0.15, -0.1) is 0 Å². The third-order valence-corrected chi connectivity index (χ3v) is 3.27. The Bertz CT molecular complexity index is 530. The third-order valence-electron chi connectivity index (χ3n) is 3.27. The third kappa shape index (κ3) is 8.83. The molecule has 0 spiro atoms. The van der Waals surface area contributed by atoms with Gasteiger partial charge < -0.3 is 25.4 Å². The second-order valence-electron chi connectivity index (χ2n) is 5.66. The summed E-state index contributed by atoms with van der Waals surface area (Å²) in [5, 5.41) is 9.20. The van der Waals surface area contributed by atoms with E-state index in [9.17, 15) is 4.79 Å². The largest absolute Gasteiger partial charge is 0.497 e. The van der Waals surface area contributed by atoms with Crippen molar-refractivity contribution >= 4 is 11.9 Å². The molecule has 0 aliphatic rings. The molecule has 0 bridgehead atoms. The molecule has 3 N–H and O–H groups in total. The molecule has 0 atom stereocenters. The summed E-state index contributed by atoms with van der Waals surface area (Å²) in [6.45, 7) is 8.69. The number of hydrogen-bond acceptors (Lipinski definition) is 4. The van der Waals surface area contributed by atoms with Crippen LogP contribution in [0.5, 0.6) is 11.5 Å². The molecular formula is C18H30N4O3. The molecule has 0 unspecified atom stereocenters. The van der Waals surface area contributed by atoms with Gasteiger partial charge in [0.2, 0.25) is 5.91 Å². The van der Waals surface area contributed by atoms with Crippen molar-refractivity contribution in [3.8, 4) is 11.5 Å². The zero-order valence-corrected chi connectivity index (χ0v) is 15.6. The number of nitrogens with zero attached hydrogens (tertiary/aromatic N) is 1. The zero-order valence-electron chi connectivity index (χ0n) is 15.6. The van der Waals surface area contributed by atoms with Gasteiger partial charge in [0.05, 0.1) is 20.2 Å². The van der Waals surface area contributed by atoms with E-state index in [1.807, 2.05) is 45.0 Å². The van der Waals surface area contributed by atoms with Crippen molar-refractivity contribution in [3.63, 3.8) is 0 Å². The maximum Gasteiger partial charge on any atom is 0.222 e. The van der Waals surface area contributed by atoms with Crippen LogP contribution in [-0.2, 0) is 4.79 Å². The van der Waals surface area contributed by atoms with E-state index in [4.69, 9.17) is 9.47 Å². The molecule has 0 saturated carbocycles. The van der Waals surface area contributed by atoms with Crippen molar-refractivity contribution in [2.75, 3.05) is 39.9 Å². The summed E-state index contributed by atoms with van der Waals surface area (Å²) in [4.78, 5) is 15.9. The van der Waals surface area contributed by atoms with Crippen LogP contribution in [0.4, 0.5) is 0 Å². The minimum atomic E-state index is -0.00885. The van der Waals surface area contributed by atoms with Crippen LogP contribution in [0.2, 0.25) is 0 Å². The quantitative estimate of drug-likeness (QED) is 0.337. The predicted molar refractivity (Wildman–Crippen MR) is 100 cm³/mol. The van der Waals surface area contributed by atoms with Crippen LogP contribution in [0.3, 0.4) is 0 Å². The summed E-state index contributed by atoms with van der Waals surface area (Å²) in [6.07, 6.45) is 0. The highest BCUT2D eigenvalue weighted by molar-refractivity contribution is 5.80. The summed E-state index contributed by atoms with van der Waals surface area (Å²) in [6, 6.07) is 7.46. The minimum Gasteiger partial charge on any atom is -0.497 e. The lowest BCUT2D eigenvalue weighted by Crippen LogP contribution is -2.40. The predicted octanol–water partition coefficient (Wildman–Crippen LogP) is 1.40. The number of methoxy groups -OCH3 is 1. The Morgan fingerprint density at radius 3 is 2.36 bits per heavy atom. The number of ether oxygens (including phenoxy) is 2. The molecule has 0 saturated heterocycles. The second kappa shape index (κ2) is 12.0. The van der Waals surface area contributed by atoms with Gasteiger partial charge in [-0.05, 0) is 31.2 Å². The molecule has 7 heteroatoms. The van der Waals surface area contributed by atoms with E-state index in [2.05, 4.69) is 20.9 Å². The Kier molecular flexibility index (Phi) is 9.89. The number of carbonyl (C=O) groups excluding carboxylic acids is 1. The van der Waals surface area contributed by atoms with Gasteiger partial charge in [-0.2, -0.15) is 0 Å². The van der Waals surface area contributed by atoms with Gasteiger partial charge in [-0.25, -0.2) is 0 Å². The smallest absolute Gasteiger partial charge is 0.222 e. The topological polar surface area (TPSA) is 84.0 Å². The Labute approximate surface area is 150 Å². The van der Waals surface area contributed by atoms with Crippen LogP contribution in [0.25, 0.3) is 0 Å². The fourth-order valence-corrected chi connectivity index (χ4v) is 1.90. The number of guanidine groups is 1. The first-order chi connectivity index (χ1) is 12.1. The average molecular weight is 350 g/mol. The highest BCUT2D eigenvalue weighted by atomic mass is 16.5. The van der Waals surface area contributed by atoms with Crippen LogP contribution in [-0.4, -0.2) is 51.8 Å². The fraction of sp³-hybridized carbons (Fsp3) is 0.556. The lowest BCUT2D eigenvalue weighted by Gasteiger charge is -2.12. The molecule has 1 amide bonds. The molecule has 0 radical (unpaired) electrons. The zero-order chi connectivity index (χ0) is 18.5. The monoisotopic (exact) mass is 350 g/mol. The maximum atomic E-state index is 11.5. The number of rotatable bonds is 10. The maximum absolute atomic E-state index is 11.5. The van der Waals surface area contributed by atoms with E-state index < -0.39 is 0 Å².